The zero-order valence-electron chi connectivity index (χ0n) is 12.1. The van der Waals surface area contributed by atoms with E-state index in [0.29, 0.717) is 6.54 Å². The largest absolute Gasteiger partial charge is 0.330 e. The summed E-state index contributed by atoms with van der Waals surface area (Å²) in [7, 11) is 0. The Labute approximate surface area is 114 Å². The molecule has 100 valence electrons. The summed E-state index contributed by atoms with van der Waals surface area (Å²) in [5, 5.41) is 0. The van der Waals surface area contributed by atoms with Gasteiger partial charge in [-0.1, -0.05) is 24.6 Å². The molecule has 19 heavy (non-hydrogen) atoms. The standard InChI is InChI=1S/C16H21N3/c1-10-5-6-11(2)14(7-10)15-8-13(4)18-16(19-15)12(3)9-17/h5-8,12H,9,17H2,1-4H3. The zero-order chi connectivity index (χ0) is 14.0. The van der Waals surface area contributed by atoms with Crippen molar-refractivity contribution in [3.05, 3.63) is 46.9 Å². The van der Waals surface area contributed by atoms with Crippen molar-refractivity contribution in [2.24, 2.45) is 5.73 Å². The van der Waals surface area contributed by atoms with Crippen molar-refractivity contribution in [1.82, 2.24) is 9.97 Å². The molecule has 0 aliphatic rings. The minimum atomic E-state index is 0.184. The molecule has 1 heterocycles. The molecule has 0 radical (unpaired) electrons. The lowest BCUT2D eigenvalue weighted by Crippen LogP contribution is -2.13. The first-order chi connectivity index (χ1) is 9.01. The second kappa shape index (κ2) is 5.49. The van der Waals surface area contributed by atoms with E-state index in [1.54, 1.807) is 0 Å². The fourth-order valence-electron chi connectivity index (χ4n) is 2.07. The predicted molar refractivity (Wildman–Crippen MR) is 79.1 cm³/mol. The average molecular weight is 255 g/mol. The smallest absolute Gasteiger partial charge is 0.133 e. The highest BCUT2D eigenvalue weighted by Gasteiger charge is 2.11. The number of rotatable bonds is 3. The van der Waals surface area contributed by atoms with Crippen LogP contribution in [0.25, 0.3) is 11.3 Å². The van der Waals surface area contributed by atoms with Gasteiger partial charge in [0.1, 0.15) is 5.82 Å². The Kier molecular flexibility index (Phi) is 3.96. The quantitative estimate of drug-likeness (QED) is 0.916. The number of hydrogen-bond donors (Lipinski definition) is 1. The summed E-state index contributed by atoms with van der Waals surface area (Å²) < 4.78 is 0. The molecule has 1 unspecified atom stereocenters. The van der Waals surface area contributed by atoms with Crippen LogP contribution in [0.5, 0.6) is 0 Å². The molecule has 0 spiro atoms. The number of aromatic nitrogens is 2. The fraction of sp³-hybridized carbons (Fsp3) is 0.375. The van der Waals surface area contributed by atoms with Crippen LogP contribution in [-0.2, 0) is 0 Å². The van der Waals surface area contributed by atoms with Crippen molar-refractivity contribution in [1.29, 1.82) is 0 Å². The first-order valence-electron chi connectivity index (χ1n) is 6.64. The van der Waals surface area contributed by atoms with Crippen molar-refractivity contribution >= 4 is 0 Å². The van der Waals surface area contributed by atoms with E-state index in [1.165, 1.54) is 16.7 Å². The Balaban J connectivity index is 2.56. The topological polar surface area (TPSA) is 51.8 Å². The highest BCUT2D eigenvalue weighted by molar-refractivity contribution is 5.64. The molecule has 3 nitrogen and oxygen atoms in total. The maximum absolute atomic E-state index is 5.72. The van der Waals surface area contributed by atoms with E-state index in [0.717, 1.165) is 17.2 Å². The fourth-order valence-corrected chi connectivity index (χ4v) is 2.07. The predicted octanol–water partition coefficient (Wildman–Crippen LogP) is 3.13. The average Bonchev–Trinajstić information content (AvgIpc) is 2.39. The van der Waals surface area contributed by atoms with Crippen molar-refractivity contribution in [3.8, 4) is 11.3 Å². The lowest BCUT2D eigenvalue weighted by Gasteiger charge is -2.12. The Bertz CT molecular complexity index is 591. The van der Waals surface area contributed by atoms with E-state index >= 15 is 0 Å². The van der Waals surface area contributed by atoms with E-state index in [2.05, 4.69) is 48.9 Å². The monoisotopic (exact) mass is 255 g/mol. The maximum atomic E-state index is 5.72. The van der Waals surface area contributed by atoms with Gasteiger partial charge in [-0.15, -0.1) is 0 Å². The van der Waals surface area contributed by atoms with Gasteiger partial charge in [-0.3, -0.25) is 0 Å². The Morgan fingerprint density at radius 2 is 1.84 bits per heavy atom. The van der Waals surface area contributed by atoms with Gasteiger partial charge in [-0.2, -0.15) is 0 Å². The molecule has 0 saturated heterocycles. The molecule has 3 heteroatoms. The Hall–Kier alpha value is -1.74. The van der Waals surface area contributed by atoms with E-state index in [1.807, 2.05) is 13.0 Å². The van der Waals surface area contributed by atoms with Gasteiger partial charge in [0.25, 0.3) is 0 Å². The third-order valence-electron chi connectivity index (χ3n) is 3.33. The SMILES string of the molecule is Cc1ccc(C)c(-c2cc(C)nc(C(C)CN)n2)c1. The van der Waals surface area contributed by atoms with Crippen LogP contribution in [0.3, 0.4) is 0 Å². The van der Waals surface area contributed by atoms with Crippen LogP contribution in [0, 0.1) is 20.8 Å². The van der Waals surface area contributed by atoms with Crippen LogP contribution in [0.1, 0.15) is 35.5 Å². The number of aryl methyl sites for hydroxylation is 3. The normalized spacial score (nSPS) is 12.5. The number of benzene rings is 1. The maximum Gasteiger partial charge on any atom is 0.133 e. The molecule has 1 atom stereocenters. The van der Waals surface area contributed by atoms with Gasteiger partial charge in [0.15, 0.2) is 0 Å². The lowest BCUT2D eigenvalue weighted by atomic mass is 10.0. The second-order valence-electron chi connectivity index (χ2n) is 5.21. The van der Waals surface area contributed by atoms with Gasteiger partial charge >= 0.3 is 0 Å². The summed E-state index contributed by atoms with van der Waals surface area (Å²) in [6.07, 6.45) is 0. The van der Waals surface area contributed by atoms with Crippen LogP contribution in [0.4, 0.5) is 0 Å². The molecule has 2 N–H and O–H groups in total. The van der Waals surface area contributed by atoms with Gasteiger partial charge in [-0.25, -0.2) is 9.97 Å². The van der Waals surface area contributed by atoms with Crippen LogP contribution in [0.15, 0.2) is 24.3 Å². The number of hydrogen-bond acceptors (Lipinski definition) is 3. The van der Waals surface area contributed by atoms with Gasteiger partial charge in [-0.05, 0) is 38.5 Å². The van der Waals surface area contributed by atoms with Crippen molar-refractivity contribution < 1.29 is 0 Å². The Morgan fingerprint density at radius 1 is 1.11 bits per heavy atom. The molecular weight excluding hydrogens is 234 g/mol. The molecule has 0 aliphatic heterocycles. The molecule has 1 aromatic carbocycles. The molecule has 2 rings (SSSR count). The highest BCUT2D eigenvalue weighted by atomic mass is 14.9. The summed E-state index contributed by atoms with van der Waals surface area (Å²) in [6, 6.07) is 8.47. The van der Waals surface area contributed by atoms with Gasteiger partial charge in [0.05, 0.1) is 5.69 Å². The molecule has 0 amide bonds. The van der Waals surface area contributed by atoms with Crippen molar-refractivity contribution in [3.63, 3.8) is 0 Å². The molecule has 1 aromatic heterocycles. The summed E-state index contributed by atoms with van der Waals surface area (Å²) in [5.41, 5.74) is 11.3. The summed E-state index contributed by atoms with van der Waals surface area (Å²) in [4.78, 5) is 9.18. The molecule has 0 fully saturated rings. The molecule has 0 aliphatic carbocycles. The van der Waals surface area contributed by atoms with Crippen molar-refractivity contribution in [2.75, 3.05) is 6.54 Å². The number of nitrogens with two attached hydrogens (primary N) is 1. The van der Waals surface area contributed by atoms with Gasteiger partial charge in [0.2, 0.25) is 0 Å². The summed E-state index contributed by atoms with van der Waals surface area (Å²) in [5.74, 6) is 1.02. The molecule has 0 saturated carbocycles. The molecule has 2 aromatic rings. The lowest BCUT2D eigenvalue weighted by molar-refractivity contribution is 0.708. The minimum absolute atomic E-state index is 0.184. The molecular formula is C16H21N3. The van der Waals surface area contributed by atoms with Crippen LogP contribution >= 0.6 is 0 Å². The van der Waals surface area contributed by atoms with Crippen LogP contribution < -0.4 is 5.73 Å². The van der Waals surface area contributed by atoms with Crippen LogP contribution in [0.2, 0.25) is 0 Å². The Morgan fingerprint density at radius 3 is 2.53 bits per heavy atom. The van der Waals surface area contributed by atoms with Crippen molar-refractivity contribution in [2.45, 2.75) is 33.6 Å². The van der Waals surface area contributed by atoms with Gasteiger partial charge in [0, 0.05) is 23.7 Å². The first kappa shape index (κ1) is 13.7. The summed E-state index contributed by atoms with van der Waals surface area (Å²) >= 11 is 0. The van der Waals surface area contributed by atoms with E-state index in [-0.39, 0.29) is 5.92 Å². The first-order valence-corrected chi connectivity index (χ1v) is 6.64. The van der Waals surface area contributed by atoms with E-state index in [4.69, 9.17) is 5.73 Å². The molecule has 0 bridgehead atoms. The highest BCUT2D eigenvalue weighted by Crippen LogP contribution is 2.24. The second-order valence-corrected chi connectivity index (χ2v) is 5.21. The minimum Gasteiger partial charge on any atom is -0.330 e. The zero-order valence-corrected chi connectivity index (χ0v) is 12.1. The third-order valence-corrected chi connectivity index (χ3v) is 3.33. The van der Waals surface area contributed by atoms with Crippen LogP contribution in [-0.4, -0.2) is 16.5 Å². The van der Waals surface area contributed by atoms with E-state index < -0.39 is 0 Å². The van der Waals surface area contributed by atoms with E-state index in [9.17, 15) is 0 Å². The number of nitrogens with zero attached hydrogens (tertiary/aromatic N) is 2. The third kappa shape index (κ3) is 2.99. The van der Waals surface area contributed by atoms with Gasteiger partial charge < -0.3 is 5.73 Å². The summed E-state index contributed by atoms with van der Waals surface area (Å²) in [6.45, 7) is 8.83.